The quantitative estimate of drug-likeness (QED) is 0.135. The molecular formula is C48H83N3O15. The summed E-state index contributed by atoms with van der Waals surface area (Å²) in [7, 11) is 7.42. The van der Waals surface area contributed by atoms with Crippen LogP contribution in [-0.4, -0.2) is 189 Å². The van der Waals surface area contributed by atoms with Crippen LogP contribution in [0.2, 0.25) is 0 Å². The van der Waals surface area contributed by atoms with E-state index in [4.69, 9.17) is 57.4 Å². The molecule has 20 atom stereocenters. The van der Waals surface area contributed by atoms with Gasteiger partial charge in [-0.25, -0.2) is 0 Å². The summed E-state index contributed by atoms with van der Waals surface area (Å²) in [6.07, 6.45) is -6.38. The Labute approximate surface area is 393 Å². The topological polar surface area (TPSA) is 210 Å². The molecule has 5 aliphatic rings. The van der Waals surface area contributed by atoms with Gasteiger partial charge in [-0.05, 0) is 101 Å². The number of likely N-dealkylation sites (N-methyl/N-ethyl adjacent to an activating group) is 2. The Morgan fingerprint density at radius 3 is 2.29 bits per heavy atom. The number of esters is 2. The predicted molar refractivity (Wildman–Crippen MR) is 240 cm³/mol. The van der Waals surface area contributed by atoms with Gasteiger partial charge in [0.05, 0.1) is 66.7 Å². The number of rotatable bonds is 15. The fourth-order valence-electron chi connectivity index (χ4n) is 11.4. The lowest BCUT2D eigenvalue weighted by atomic mass is 9.76. The number of nitriles is 1. The minimum absolute atomic E-state index is 0.118. The van der Waals surface area contributed by atoms with E-state index in [1.807, 2.05) is 74.5 Å². The van der Waals surface area contributed by atoms with E-state index < -0.39 is 108 Å². The number of hydrogen-bond acceptors (Lipinski definition) is 18. The highest BCUT2D eigenvalue weighted by Gasteiger charge is 2.85. The Hall–Kier alpha value is -2.09. The van der Waals surface area contributed by atoms with Crippen molar-refractivity contribution in [2.75, 3.05) is 54.6 Å². The van der Waals surface area contributed by atoms with Crippen LogP contribution in [0.25, 0.3) is 0 Å². The molecule has 5 aliphatic heterocycles. The molecule has 1 spiro atoms. The molecule has 66 heavy (non-hydrogen) atoms. The zero-order valence-corrected chi connectivity index (χ0v) is 42.4. The second kappa shape index (κ2) is 22.3. The largest absolute Gasteiger partial charge is 0.459 e. The number of ether oxygens (including phenoxy) is 11. The first-order valence-corrected chi connectivity index (χ1v) is 24.1. The maximum atomic E-state index is 14.8. The molecule has 5 heterocycles. The van der Waals surface area contributed by atoms with Crippen LogP contribution in [-0.2, 0) is 61.7 Å². The highest BCUT2D eigenvalue weighted by molar-refractivity contribution is 5.73. The van der Waals surface area contributed by atoms with E-state index in [0.29, 0.717) is 52.0 Å². The Balaban J connectivity index is 1.54. The molecule has 5 saturated heterocycles. The monoisotopic (exact) mass is 942 g/mol. The summed E-state index contributed by atoms with van der Waals surface area (Å²) >= 11 is 0. The van der Waals surface area contributed by atoms with Gasteiger partial charge in [-0.3, -0.25) is 9.59 Å². The zero-order valence-electron chi connectivity index (χ0n) is 42.4. The molecule has 2 N–H and O–H groups in total. The first-order chi connectivity index (χ1) is 30.9. The van der Waals surface area contributed by atoms with Crippen LogP contribution in [0.4, 0.5) is 0 Å². The molecule has 18 nitrogen and oxygen atoms in total. The summed E-state index contributed by atoms with van der Waals surface area (Å²) in [6, 6.07) is 1.59. The van der Waals surface area contributed by atoms with Crippen molar-refractivity contribution < 1.29 is 71.9 Å². The first kappa shape index (κ1) is 54.8. The molecule has 0 aromatic rings. The van der Waals surface area contributed by atoms with Gasteiger partial charge in [-0.15, -0.1) is 0 Å². The molecule has 0 aromatic carbocycles. The van der Waals surface area contributed by atoms with E-state index in [1.54, 1.807) is 21.0 Å². The molecule has 0 saturated carbocycles. The smallest absolute Gasteiger partial charge is 0.311 e. The number of aliphatic hydroxyl groups is 2. The third-order valence-corrected chi connectivity index (χ3v) is 15.1. The van der Waals surface area contributed by atoms with Gasteiger partial charge in [-0.2, -0.15) is 5.26 Å². The maximum Gasteiger partial charge on any atom is 0.311 e. The van der Waals surface area contributed by atoms with Gasteiger partial charge >= 0.3 is 11.9 Å². The SMILES string of the molecule is CC[C@H]1OC(=O)[C@H](C)[C@@H](OC2C[C@@](C)(OC)[C@@H](OCCCOCCC#N)[C@H](C)O2)[C@H](C)[C@@H](O[C@@H]2O[C@H](C)C[C@H](N(C)C)[C@H]2OC(C)=O)[C@](C)(O)C[C@@H](C)CN(C)[C@@H](C)[C@H]2O[C@@H](O)C23O[C@]13C. The van der Waals surface area contributed by atoms with Crippen molar-refractivity contribution >= 4 is 11.9 Å². The van der Waals surface area contributed by atoms with Gasteiger partial charge in [0.2, 0.25) is 0 Å². The van der Waals surface area contributed by atoms with Crippen molar-refractivity contribution in [3.63, 3.8) is 0 Å². The molecule has 0 bridgehead atoms. The van der Waals surface area contributed by atoms with Crippen LogP contribution < -0.4 is 0 Å². The van der Waals surface area contributed by atoms with E-state index in [-0.39, 0.29) is 36.9 Å². The molecule has 380 valence electrons. The first-order valence-electron chi connectivity index (χ1n) is 24.1. The Morgan fingerprint density at radius 2 is 1.68 bits per heavy atom. The number of carbonyl (C=O) groups excluding carboxylic acids is 2. The fourth-order valence-corrected chi connectivity index (χ4v) is 11.4. The van der Waals surface area contributed by atoms with Crippen molar-refractivity contribution in [2.24, 2.45) is 17.8 Å². The summed E-state index contributed by atoms with van der Waals surface area (Å²) in [5, 5.41) is 32.9. The molecule has 18 heteroatoms. The second-order valence-electron chi connectivity index (χ2n) is 20.7. The summed E-state index contributed by atoms with van der Waals surface area (Å²) in [6.45, 7) is 22.0. The van der Waals surface area contributed by atoms with Crippen molar-refractivity contribution in [1.82, 2.24) is 9.80 Å². The third-order valence-electron chi connectivity index (χ3n) is 15.1. The van der Waals surface area contributed by atoms with E-state index in [0.717, 1.165) is 0 Å². The van der Waals surface area contributed by atoms with Gasteiger partial charge in [0, 0.05) is 52.2 Å². The molecule has 0 aliphatic carbocycles. The molecule has 5 fully saturated rings. The number of carbonyl (C=O) groups is 2. The van der Waals surface area contributed by atoms with Crippen LogP contribution in [0.3, 0.4) is 0 Å². The summed E-state index contributed by atoms with van der Waals surface area (Å²) < 4.78 is 70.1. The second-order valence-corrected chi connectivity index (χ2v) is 20.7. The average Bonchev–Trinajstić information content (AvgIpc) is 3.92. The number of hydrogen-bond donors (Lipinski definition) is 2. The lowest BCUT2D eigenvalue weighted by molar-refractivity contribution is -0.321. The van der Waals surface area contributed by atoms with Gasteiger partial charge in [-0.1, -0.05) is 20.8 Å². The van der Waals surface area contributed by atoms with Crippen molar-refractivity contribution in [2.45, 2.75) is 217 Å². The zero-order chi connectivity index (χ0) is 49.1. The molecule has 2 unspecified atom stereocenters. The predicted octanol–water partition coefficient (Wildman–Crippen LogP) is 3.95. The maximum absolute atomic E-state index is 14.8. The number of cyclic esters (lactones) is 1. The summed E-state index contributed by atoms with van der Waals surface area (Å²) in [5.41, 5.74) is -4.60. The number of epoxide rings is 1. The Kier molecular flexibility index (Phi) is 18.6. The summed E-state index contributed by atoms with van der Waals surface area (Å²) in [5.74, 6) is -2.93. The molecular weight excluding hydrogens is 859 g/mol. The van der Waals surface area contributed by atoms with Gasteiger partial charge < -0.3 is 72.1 Å². The molecule has 0 amide bonds. The molecule has 0 aromatic heterocycles. The molecule has 0 radical (unpaired) electrons. The fraction of sp³-hybridized carbons (Fsp3) is 0.938. The molecule has 5 rings (SSSR count). The van der Waals surface area contributed by atoms with Crippen molar-refractivity contribution in [1.29, 1.82) is 5.26 Å². The van der Waals surface area contributed by atoms with Crippen LogP contribution >= 0.6 is 0 Å². The van der Waals surface area contributed by atoms with Crippen molar-refractivity contribution in [3.8, 4) is 6.07 Å². The number of nitrogens with zero attached hydrogens (tertiary/aromatic N) is 3. The van der Waals surface area contributed by atoms with Crippen molar-refractivity contribution in [3.05, 3.63) is 0 Å². The summed E-state index contributed by atoms with van der Waals surface area (Å²) in [4.78, 5) is 31.6. The highest BCUT2D eigenvalue weighted by Crippen LogP contribution is 2.63. The van der Waals surface area contributed by atoms with Crippen LogP contribution in [0.15, 0.2) is 0 Å². The van der Waals surface area contributed by atoms with Crippen LogP contribution in [0, 0.1) is 29.1 Å². The van der Waals surface area contributed by atoms with E-state index in [9.17, 15) is 19.8 Å². The van der Waals surface area contributed by atoms with E-state index >= 15 is 0 Å². The lowest BCUT2D eigenvalue weighted by Crippen LogP contribution is -2.68. The number of methoxy groups -OCH3 is 1. The van der Waals surface area contributed by atoms with Crippen LogP contribution in [0.5, 0.6) is 0 Å². The van der Waals surface area contributed by atoms with E-state index in [1.165, 1.54) is 6.92 Å². The van der Waals surface area contributed by atoms with E-state index in [2.05, 4.69) is 17.9 Å². The van der Waals surface area contributed by atoms with Gasteiger partial charge in [0.25, 0.3) is 0 Å². The lowest BCUT2D eigenvalue weighted by Gasteiger charge is -2.50. The van der Waals surface area contributed by atoms with Gasteiger partial charge in [0.15, 0.2) is 30.6 Å². The minimum atomic E-state index is -1.59. The number of aliphatic hydroxyl groups excluding tert-OH is 1. The average molecular weight is 942 g/mol. The standard InChI is InChI=1S/C48H83N3O15/c1-16-35-47(11)48(66-47)40(65-44(48)54)31(6)51(14)26-27(2)24-45(9,55)39(64-43-38(61-33(8)52)34(50(12)13)23-28(3)59-43)29(4)37(30(5)42(53)62-35)63-36-25-46(10,56-15)41(32(7)60-36)58-22-18-21-57-20-17-19-49/h27-32,34-41,43-44,54-55H,16-18,20-26H2,1-15H3/t27-,28-,29+,30-,31+,32+,34+,35-,36?,37+,38-,39-,40-,41+,43+,44-,45-,46-,47-,48?/m1/s1. The van der Waals surface area contributed by atoms with Crippen LogP contribution in [0.1, 0.15) is 115 Å². The Bertz CT molecular complexity index is 1650. The van der Waals surface area contributed by atoms with Gasteiger partial charge in [0.1, 0.15) is 23.9 Å². The normalized spacial score (nSPS) is 46.0. The minimum Gasteiger partial charge on any atom is -0.459 e. The highest BCUT2D eigenvalue weighted by atomic mass is 16.8. The third kappa shape index (κ3) is 11.6. The Morgan fingerprint density at radius 1 is 0.985 bits per heavy atom.